The van der Waals surface area contributed by atoms with Crippen molar-refractivity contribution < 1.29 is 18.8 Å². The summed E-state index contributed by atoms with van der Waals surface area (Å²) in [7, 11) is 0. The Morgan fingerprint density at radius 2 is 1.66 bits per heavy atom. The average molecular weight is 563 g/mol. The highest BCUT2D eigenvalue weighted by molar-refractivity contribution is 6.04. The molecule has 2 aromatic carbocycles. The molecule has 2 atom stereocenters. The molecule has 2 heterocycles. The van der Waals surface area contributed by atoms with Crippen LogP contribution in [-0.4, -0.2) is 56.8 Å². The molecule has 3 amide bonds. The maximum Gasteiger partial charge on any atom is 0.253 e. The molecule has 1 saturated heterocycles. The van der Waals surface area contributed by atoms with Crippen molar-refractivity contribution in [2.24, 2.45) is 11.5 Å². The highest BCUT2D eigenvalue weighted by atomic mass is 19.1. The maximum absolute atomic E-state index is 14.0. The molecular formula is C31H39FN6O3. The molecule has 0 spiro atoms. The van der Waals surface area contributed by atoms with Gasteiger partial charge in [-0.3, -0.25) is 19.3 Å². The van der Waals surface area contributed by atoms with Gasteiger partial charge in [-0.05, 0) is 76.1 Å². The van der Waals surface area contributed by atoms with E-state index in [-0.39, 0.29) is 11.7 Å². The molecule has 10 heteroatoms. The summed E-state index contributed by atoms with van der Waals surface area (Å²) in [4.78, 5) is 48.0. The van der Waals surface area contributed by atoms with Crippen LogP contribution in [0.5, 0.6) is 0 Å². The number of carbonyl (C=O) groups is 3. The summed E-state index contributed by atoms with van der Waals surface area (Å²) in [6, 6.07) is 14.6. The summed E-state index contributed by atoms with van der Waals surface area (Å²) in [5.74, 6) is -1.64. The molecule has 1 unspecified atom stereocenters. The van der Waals surface area contributed by atoms with E-state index in [0.29, 0.717) is 37.9 Å². The first-order chi connectivity index (χ1) is 19.4. The molecule has 1 aromatic heterocycles. The summed E-state index contributed by atoms with van der Waals surface area (Å²) in [6.45, 7) is 6.10. The minimum Gasteiger partial charge on any atom is -0.368 e. The first-order valence-corrected chi connectivity index (χ1v) is 14.0. The second-order valence-electron chi connectivity index (χ2n) is 11.4. The summed E-state index contributed by atoms with van der Waals surface area (Å²) in [5, 5.41) is 0. The number of benzene rings is 2. The lowest BCUT2D eigenvalue weighted by atomic mass is 9.90. The Labute approximate surface area is 240 Å². The predicted molar refractivity (Wildman–Crippen MR) is 155 cm³/mol. The van der Waals surface area contributed by atoms with Gasteiger partial charge in [-0.15, -0.1) is 0 Å². The minimum absolute atomic E-state index is 0.152. The minimum atomic E-state index is -1.33. The summed E-state index contributed by atoms with van der Waals surface area (Å²) < 4.78 is 15.5. The van der Waals surface area contributed by atoms with Crippen molar-refractivity contribution in [3.05, 3.63) is 84.1 Å². The van der Waals surface area contributed by atoms with Crippen LogP contribution in [0.2, 0.25) is 0 Å². The summed E-state index contributed by atoms with van der Waals surface area (Å²) in [5.41, 5.74) is 11.1. The number of anilines is 1. The predicted octanol–water partition coefficient (Wildman–Crippen LogP) is 3.36. The zero-order valence-electron chi connectivity index (χ0n) is 23.9. The van der Waals surface area contributed by atoms with Gasteiger partial charge in [0.2, 0.25) is 11.8 Å². The lowest BCUT2D eigenvalue weighted by molar-refractivity contribution is -0.137. The Bertz CT molecular complexity index is 1360. The molecule has 0 aliphatic carbocycles. The van der Waals surface area contributed by atoms with Crippen molar-refractivity contribution in [1.82, 2.24) is 14.5 Å². The van der Waals surface area contributed by atoms with Crippen molar-refractivity contribution in [3.63, 3.8) is 0 Å². The molecule has 1 aliphatic heterocycles. The van der Waals surface area contributed by atoms with E-state index in [4.69, 9.17) is 11.5 Å². The van der Waals surface area contributed by atoms with Gasteiger partial charge >= 0.3 is 0 Å². The molecular weight excluding hydrogens is 523 g/mol. The second kappa shape index (κ2) is 12.2. The lowest BCUT2D eigenvalue weighted by Gasteiger charge is -2.35. The van der Waals surface area contributed by atoms with Crippen LogP contribution in [0.3, 0.4) is 0 Å². The smallest absolute Gasteiger partial charge is 0.253 e. The topological polar surface area (TPSA) is 128 Å². The normalized spacial score (nSPS) is 15.8. The van der Waals surface area contributed by atoms with E-state index in [1.54, 1.807) is 48.6 Å². The molecule has 4 rings (SSSR count). The number of nitrogens with zero attached hydrogens (tertiary/aromatic N) is 4. The fourth-order valence-electron chi connectivity index (χ4n) is 5.33. The summed E-state index contributed by atoms with van der Waals surface area (Å²) in [6.07, 6.45) is 6.40. The van der Waals surface area contributed by atoms with Gasteiger partial charge in [0.05, 0.1) is 11.9 Å². The molecule has 3 aromatic rings. The monoisotopic (exact) mass is 562 g/mol. The van der Waals surface area contributed by atoms with E-state index in [2.05, 4.69) is 4.98 Å². The van der Waals surface area contributed by atoms with Crippen molar-refractivity contribution in [1.29, 1.82) is 0 Å². The van der Waals surface area contributed by atoms with Gasteiger partial charge in [-0.2, -0.15) is 0 Å². The van der Waals surface area contributed by atoms with Crippen LogP contribution < -0.4 is 16.4 Å². The number of rotatable bonds is 11. The Balaban J connectivity index is 1.73. The molecule has 0 bridgehead atoms. The quantitative estimate of drug-likeness (QED) is 0.371. The SMILES string of the molecule is CC(C)(N)C(=O)N(c1cn(C(C)(C(=O)N2CCCC2)c2ccc(F)cc2)cn1)[C@@H](CCCc1ccccc1)C(N)=O. The molecule has 218 valence electrons. The number of imidazole rings is 1. The average Bonchev–Trinajstić information content (AvgIpc) is 3.65. The molecule has 1 fully saturated rings. The first-order valence-electron chi connectivity index (χ1n) is 14.0. The second-order valence-corrected chi connectivity index (χ2v) is 11.4. The Morgan fingerprint density at radius 3 is 2.24 bits per heavy atom. The number of hydrogen-bond donors (Lipinski definition) is 2. The van der Waals surface area contributed by atoms with Gasteiger partial charge in [-0.1, -0.05) is 42.5 Å². The van der Waals surface area contributed by atoms with E-state index in [9.17, 15) is 18.8 Å². The van der Waals surface area contributed by atoms with Crippen LogP contribution in [0.25, 0.3) is 0 Å². The van der Waals surface area contributed by atoms with Crippen LogP contribution in [0, 0.1) is 5.82 Å². The van der Waals surface area contributed by atoms with Gasteiger partial charge in [0.15, 0.2) is 5.82 Å². The lowest BCUT2D eigenvalue weighted by Crippen LogP contribution is -2.58. The third kappa shape index (κ3) is 6.48. The van der Waals surface area contributed by atoms with Gasteiger partial charge in [0.1, 0.15) is 17.4 Å². The zero-order chi connectivity index (χ0) is 29.8. The molecule has 41 heavy (non-hydrogen) atoms. The number of hydrogen-bond acceptors (Lipinski definition) is 5. The van der Waals surface area contributed by atoms with E-state index in [1.807, 2.05) is 30.3 Å². The number of amides is 3. The van der Waals surface area contributed by atoms with Crippen molar-refractivity contribution >= 4 is 23.5 Å². The van der Waals surface area contributed by atoms with Crippen molar-refractivity contribution in [2.45, 2.75) is 70.0 Å². The van der Waals surface area contributed by atoms with Gasteiger partial charge < -0.3 is 20.9 Å². The third-order valence-corrected chi connectivity index (χ3v) is 7.74. The fourth-order valence-corrected chi connectivity index (χ4v) is 5.33. The Morgan fingerprint density at radius 1 is 1.02 bits per heavy atom. The number of aryl methyl sites for hydroxylation is 1. The third-order valence-electron chi connectivity index (χ3n) is 7.74. The number of carbonyl (C=O) groups excluding carboxylic acids is 3. The Kier molecular flexibility index (Phi) is 8.92. The molecule has 1 aliphatic rings. The highest BCUT2D eigenvalue weighted by Gasteiger charge is 2.43. The largest absolute Gasteiger partial charge is 0.368 e. The van der Waals surface area contributed by atoms with Gasteiger partial charge in [0, 0.05) is 19.3 Å². The van der Waals surface area contributed by atoms with E-state index >= 15 is 0 Å². The molecule has 4 N–H and O–H groups in total. The Hall–Kier alpha value is -4.05. The fraction of sp³-hybridized carbons (Fsp3) is 0.419. The van der Waals surface area contributed by atoms with Gasteiger partial charge in [0.25, 0.3) is 5.91 Å². The van der Waals surface area contributed by atoms with E-state index < -0.39 is 34.8 Å². The van der Waals surface area contributed by atoms with Crippen molar-refractivity contribution in [2.75, 3.05) is 18.0 Å². The van der Waals surface area contributed by atoms with Crippen molar-refractivity contribution in [3.8, 4) is 0 Å². The number of aromatic nitrogens is 2. The molecule has 0 radical (unpaired) electrons. The number of primary amides is 1. The van der Waals surface area contributed by atoms with Crippen LogP contribution in [0.15, 0.2) is 67.1 Å². The van der Waals surface area contributed by atoms with E-state index in [0.717, 1.165) is 18.4 Å². The highest BCUT2D eigenvalue weighted by Crippen LogP contribution is 2.33. The van der Waals surface area contributed by atoms with Crippen LogP contribution in [-0.2, 0) is 26.3 Å². The maximum atomic E-state index is 14.0. The zero-order valence-corrected chi connectivity index (χ0v) is 23.9. The van der Waals surface area contributed by atoms with Crippen LogP contribution in [0.4, 0.5) is 10.2 Å². The van der Waals surface area contributed by atoms with Crippen LogP contribution >= 0.6 is 0 Å². The molecule has 9 nitrogen and oxygen atoms in total. The first kappa shape index (κ1) is 29.9. The summed E-state index contributed by atoms with van der Waals surface area (Å²) >= 11 is 0. The number of likely N-dealkylation sites (tertiary alicyclic amines) is 1. The van der Waals surface area contributed by atoms with Gasteiger partial charge in [-0.25, -0.2) is 9.37 Å². The molecule has 0 saturated carbocycles. The number of halogens is 1. The van der Waals surface area contributed by atoms with Crippen LogP contribution in [0.1, 0.15) is 57.6 Å². The number of nitrogens with two attached hydrogens (primary N) is 2. The van der Waals surface area contributed by atoms with E-state index in [1.165, 1.54) is 23.4 Å². The standard InChI is InChI=1S/C31H39FN6O3/c1-30(2,34)28(40)38(25(27(33)39)13-9-12-22-10-5-4-6-11-22)26-20-37(21-35-26)31(3,23-14-16-24(32)17-15-23)29(41)36-18-7-8-19-36/h4-6,10-11,14-17,20-21,25H,7-9,12-13,18-19,34H2,1-3H3,(H2,33,39)/t25-,31?/m0/s1.